The van der Waals surface area contributed by atoms with Crippen LogP contribution in [0.2, 0.25) is 0 Å². The average Bonchev–Trinajstić information content (AvgIpc) is 2.94. The Hall–Kier alpha value is -4.28. The smallest absolute Gasteiger partial charge is 0.409 e. The van der Waals surface area contributed by atoms with Crippen LogP contribution < -0.4 is 5.32 Å². The van der Waals surface area contributed by atoms with Crippen LogP contribution in [0.15, 0.2) is 42.5 Å². The summed E-state index contributed by atoms with van der Waals surface area (Å²) in [6.45, 7) is 9.65. The van der Waals surface area contributed by atoms with E-state index in [0.717, 1.165) is 5.56 Å². The van der Waals surface area contributed by atoms with E-state index in [-0.39, 0.29) is 57.1 Å². The van der Waals surface area contributed by atoms with Gasteiger partial charge >= 0.3 is 12.1 Å². The van der Waals surface area contributed by atoms with Crippen molar-refractivity contribution in [3.63, 3.8) is 0 Å². The molecule has 1 aliphatic heterocycles. The first-order chi connectivity index (χ1) is 19.4. The molecule has 1 aromatic carbocycles. The number of carbonyl (C=O) groups excluding carboxylic acids is 5. The first-order valence-electron chi connectivity index (χ1n) is 13.7. The van der Waals surface area contributed by atoms with E-state index >= 15 is 0 Å². The second-order valence-corrected chi connectivity index (χ2v) is 10.7. The fourth-order valence-electron chi connectivity index (χ4n) is 4.30. The molecular formula is C30H38N4O7. The van der Waals surface area contributed by atoms with Crippen molar-refractivity contribution in [1.82, 2.24) is 20.1 Å². The molecule has 0 saturated carbocycles. The second-order valence-electron chi connectivity index (χ2n) is 10.7. The summed E-state index contributed by atoms with van der Waals surface area (Å²) in [7, 11) is 0. The first kappa shape index (κ1) is 31.3. The number of ketones is 1. The maximum absolute atomic E-state index is 13.6. The van der Waals surface area contributed by atoms with Crippen LogP contribution in [0, 0.1) is 0 Å². The van der Waals surface area contributed by atoms with E-state index in [2.05, 4.69) is 10.3 Å². The summed E-state index contributed by atoms with van der Waals surface area (Å²) in [5.74, 6) is -1.79. The molecule has 2 heterocycles. The summed E-state index contributed by atoms with van der Waals surface area (Å²) in [6.07, 6.45) is -0.553. The third-order valence-corrected chi connectivity index (χ3v) is 6.31. The highest BCUT2D eigenvalue weighted by Gasteiger charge is 2.32. The van der Waals surface area contributed by atoms with E-state index < -0.39 is 35.5 Å². The van der Waals surface area contributed by atoms with E-state index in [9.17, 15) is 24.0 Å². The van der Waals surface area contributed by atoms with Crippen molar-refractivity contribution in [1.29, 1.82) is 0 Å². The van der Waals surface area contributed by atoms with Gasteiger partial charge in [0.2, 0.25) is 5.91 Å². The molecule has 11 nitrogen and oxygen atoms in total. The van der Waals surface area contributed by atoms with Crippen molar-refractivity contribution in [2.24, 2.45) is 0 Å². The van der Waals surface area contributed by atoms with Gasteiger partial charge < -0.3 is 24.6 Å². The number of piperazine rings is 1. The van der Waals surface area contributed by atoms with Crippen LogP contribution in [0.3, 0.4) is 0 Å². The zero-order chi connectivity index (χ0) is 30.2. The fourth-order valence-corrected chi connectivity index (χ4v) is 4.30. The number of nitrogens with one attached hydrogen (secondary N) is 1. The molecule has 41 heavy (non-hydrogen) atoms. The predicted octanol–water partition coefficient (Wildman–Crippen LogP) is 3.47. The molecule has 3 amide bonds. The lowest BCUT2D eigenvalue weighted by Gasteiger charge is -2.36. The van der Waals surface area contributed by atoms with Gasteiger partial charge in [0.05, 0.1) is 12.3 Å². The van der Waals surface area contributed by atoms with Crippen LogP contribution in [-0.4, -0.2) is 88.9 Å². The summed E-state index contributed by atoms with van der Waals surface area (Å²) in [5.41, 5.74) is 0.736. The van der Waals surface area contributed by atoms with E-state index in [0.29, 0.717) is 11.3 Å². The number of hydrogen-bond acceptors (Lipinski definition) is 8. The normalized spacial score (nSPS) is 14.2. The number of Topliss-reactive ketones (excluding diaryl/α,β-unsaturated/α-hetero) is 1. The second kappa shape index (κ2) is 13.9. The van der Waals surface area contributed by atoms with Gasteiger partial charge in [0.25, 0.3) is 5.91 Å². The number of amides is 3. The molecule has 1 saturated heterocycles. The summed E-state index contributed by atoms with van der Waals surface area (Å²) < 4.78 is 10.4. The molecule has 3 rings (SSSR count). The molecule has 1 aliphatic rings. The molecule has 1 N–H and O–H groups in total. The van der Waals surface area contributed by atoms with E-state index in [1.807, 2.05) is 30.3 Å². The Balaban J connectivity index is 1.82. The quantitative estimate of drug-likeness (QED) is 0.360. The topological polar surface area (TPSA) is 135 Å². The van der Waals surface area contributed by atoms with Gasteiger partial charge in [0.15, 0.2) is 5.78 Å². The molecule has 11 heteroatoms. The Labute approximate surface area is 240 Å². The first-order valence-corrected chi connectivity index (χ1v) is 13.7. The number of rotatable bonds is 9. The van der Waals surface area contributed by atoms with Crippen LogP contribution in [0.4, 0.5) is 4.79 Å². The molecule has 0 bridgehead atoms. The van der Waals surface area contributed by atoms with Gasteiger partial charge in [-0.15, -0.1) is 0 Å². The van der Waals surface area contributed by atoms with Crippen LogP contribution in [0.5, 0.6) is 0 Å². The van der Waals surface area contributed by atoms with Crippen molar-refractivity contribution in [3.05, 3.63) is 53.7 Å². The summed E-state index contributed by atoms with van der Waals surface area (Å²) >= 11 is 0. The number of ether oxygens (including phenoxy) is 2. The molecule has 0 spiro atoms. The number of carbonyl (C=O) groups is 5. The number of aromatic nitrogens is 1. The minimum absolute atomic E-state index is 0.00445. The predicted molar refractivity (Wildman–Crippen MR) is 151 cm³/mol. The number of esters is 1. The number of benzene rings is 1. The highest BCUT2D eigenvalue weighted by atomic mass is 16.6. The molecule has 1 fully saturated rings. The Morgan fingerprint density at radius 2 is 1.61 bits per heavy atom. The third kappa shape index (κ3) is 9.12. The van der Waals surface area contributed by atoms with Gasteiger partial charge in [-0.2, -0.15) is 0 Å². The Morgan fingerprint density at radius 1 is 0.976 bits per heavy atom. The highest BCUT2D eigenvalue weighted by molar-refractivity contribution is 6.01. The molecule has 220 valence electrons. The average molecular weight is 567 g/mol. The van der Waals surface area contributed by atoms with E-state index in [4.69, 9.17) is 9.47 Å². The van der Waals surface area contributed by atoms with Crippen molar-refractivity contribution in [2.45, 2.75) is 59.1 Å². The molecule has 0 radical (unpaired) electrons. The van der Waals surface area contributed by atoms with E-state index in [1.165, 1.54) is 17.9 Å². The lowest BCUT2D eigenvalue weighted by molar-refractivity contribution is -0.155. The van der Waals surface area contributed by atoms with Gasteiger partial charge in [-0.3, -0.25) is 19.2 Å². The molecule has 1 atom stereocenters. The fraction of sp³-hybridized carbons (Fsp3) is 0.467. The van der Waals surface area contributed by atoms with Crippen LogP contribution in [-0.2, 0) is 19.1 Å². The maximum Gasteiger partial charge on any atom is 0.409 e. The minimum Gasteiger partial charge on any atom is -0.460 e. The van der Waals surface area contributed by atoms with Gasteiger partial charge in [0.1, 0.15) is 17.3 Å². The summed E-state index contributed by atoms with van der Waals surface area (Å²) in [4.78, 5) is 71.3. The molecule has 0 aliphatic carbocycles. The highest BCUT2D eigenvalue weighted by Crippen LogP contribution is 2.20. The summed E-state index contributed by atoms with van der Waals surface area (Å²) in [5, 5.41) is 2.73. The van der Waals surface area contributed by atoms with Gasteiger partial charge in [0, 0.05) is 43.7 Å². The zero-order valence-corrected chi connectivity index (χ0v) is 24.3. The Kier molecular flexibility index (Phi) is 10.6. The molecule has 2 aromatic rings. The standard InChI is InChI=1S/C30H38N4O7/c1-6-40-29(39)34-16-14-33(15-17-34)28(38)23(12-13-26(36)41-30(3,4)5)32-27(37)25-19-22(20(2)35)18-24(31-25)21-10-8-7-9-11-21/h7-11,18-19,23H,6,12-17H2,1-5H3,(H,32,37). The largest absolute Gasteiger partial charge is 0.460 e. The van der Waals surface area contributed by atoms with Crippen molar-refractivity contribution >= 4 is 29.7 Å². The molecular weight excluding hydrogens is 528 g/mol. The number of pyridine rings is 1. The Bertz CT molecular complexity index is 1270. The summed E-state index contributed by atoms with van der Waals surface area (Å²) in [6, 6.07) is 11.1. The van der Waals surface area contributed by atoms with Crippen LogP contribution in [0.25, 0.3) is 11.3 Å². The van der Waals surface area contributed by atoms with Gasteiger partial charge in [-0.25, -0.2) is 9.78 Å². The van der Waals surface area contributed by atoms with Crippen molar-refractivity contribution in [3.8, 4) is 11.3 Å². The zero-order valence-electron chi connectivity index (χ0n) is 24.3. The molecule has 1 aromatic heterocycles. The lowest BCUT2D eigenvalue weighted by Crippen LogP contribution is -2.56. The van der Waals surface area contributed by atoms with Gasteiger partial charge in [-0.05, 0) is 53.2 Å². The van der Waals surface area contributed by atoms with Gasteiger partial charge in [-0.1, -0.05) is 30.3 Å². The van der Waals surface area contributed by atoms with E-state index in [1.54, 1.807) is 38.7 Å². The number of hydrogen-bond donors (Lipinski definition) is 1. The van der Waals surface area contributed by atoms with Crippen molar-refractivity contribution in [2.75, 3.05) is 32.8 Å². The lowest BCUT2D eigenvalue weighted by atomic mass is 10.0. The SMILES string of the molecule is CCOC(=O)N1CCN(C(=O)C(CCC(=O)OC(C)(C)C)NC(=O)c2cc(C(C)=O)cc(-c3ccccc3)n2)CC1. The maximum atomic E-state index is 13.6. The monoisotopic (exact) mass is 566 g/mol. The molecule has 1 unspecified atom stereocenters. The van der Waals surface area contributed by atoms with Crippen molar-refractivity contribution < 1.29 is 33.4 Å². The minimum atomic E-state index is -1.06. The third-order valence-electron chi connectivity index (χ3n) is 6.31. The van der Waals surface area contributed by atoms with Crippen LogP contribution in [0.1, 0.15) is 68.3 Å². The number of nitrogens with zero attached hydrogens (tertiary/aromatic N) is 3. The Morgan fingerprint density at radius 3 is 2.20 bits per heavy atom. The van der Waals surface area contributed by atoms with Crippen LogP contribution >= 0.6 is 0 Å².